The van der Waals surface area contributed by atoms with E-state index in [1.165, 1.54) is 0 Å². The molecule has 2 unspecified atom stereocenters. The Morgan fingerprint density at radius 2 is 1.89 bits per heavy atom. The molecule has 4 heteroatoms. The molecule has 0 aromatic heterocycles. The standard InChI is InChI=1S/C14H16O4/c1-3-11(15)17-13(18-12(16)4-2)14-7-5-10(9-14)6-8-14/h3-5,7,10,13H,1-2,6,8-9H2. The molecule has 0 spiro atoms. The highest BCUT2D eigenvalue weighted by molar-refractivity contribution is 5.83. The molecule has 0 saturated heterocycles. The molecule has 18 heavy (non-hydrogen) atoms. The summed E-state index contributed by atoms with van der Waals surface area (Å²) in [5, 5.41) is 0. The average molecular weight is 248 g/mol. The van der Waals surface area contributed by atoms with E-state index in [0.717, 1.165) is 31.4 Å². The molecule has 0 aromatic rings. The van der Waals surface area contributed by atoms with E-state index in [9.17, 15) is 9.59 Å². The molecule has 2 bridgehead atoms. The van der Waals surface area contributed by atoms with Crippen LogP contribution < -0.4 is 0 Å². The van der Waals surface area contributed by atoms with Crippen molar-refractivity contribution in [1.82, 2.24) is 0 Å². The fourth-order valence-electron chi connectivity index (χ4n) is 2.65. The zero-order valence-electron chi connectivity index (χ0n) is 10.1. The van der Waals surface area contributed by atoms with Crippen LogP contribution in [-0.4, -0.2) is 18.2 Å². The molecule has 2 aliphatic carbocycles. The highest BCUT2D eigenvalue weighted by Gasteiger charge is 2.50. The van der Waals surface area contributed by atoms with Gasteiger partial charge < -0.3 is 9.47 Å². The molecule has 0 aliphatic heterocycles. The van der Waals surface area contributed by atoms with Crippen molar-refractivity contribution in [2.75, 3.05) is 0 Å². The SMILES string of the molecule is C=CC(=O)OC(OC(=O)C=C)C12C=CC(CC1)C2. The molecule has 0 heterocycles. The first kappa shape index (κ1) is 12.6. The third kappa shape index (κ3) is 2.23. The smallest absolute Gasteiger partial charge is 0.333 e. The normalized spacial score (nSPS) is 28.2. The number of hydrogen-bond donors (Lipinski definition) is 0. The van der Waals surface area contributed by atoms with E-state index in [1.54, 1.807) is 0 Å². The van der Waals surface area contributed by atoms with Crippen LogP contribution in [0.3, 0.4) is 0 Å². The second-order valence-corrected chi connectivity index (χ2v) is 4.71. The Balaban J connectivity index is 2.16. The summed E-state index contributed by atoms with van der Waals surface area (Å²) < 4.78 is 10.4. The third-order valence-corrected chi connectivity index (χ3v) is 3.57. The van der Waals surface area contributed by atoms with Gasteiger partial charge in [0.2, 0.25) is 0 Å². The summed E-state index contributed by atoms with van der Waals surface area (Å²) in [5.74, 6) is -0.678. The molecular weight excluding hydrogens is 232 g/mol. The monoisotopic (exact) mass is 248 g/mol. The maximum Gasteiger partial charge on any atom is 0.333 e. The lowest BCUT2D eigenvalue weighted by atomic mass is 9.87. The summed E-state index contributed by atoms with van der Waals surface area (Å²) >= 11 is 0. The topological polar surface area (TPSA) is 52.6 Å². The molecule has 1 fully saturated rings. The van der Waals surface area contributed by atoms with Crippen LogP contribution in [0.15, 0.2) is 37.5 Å². The summed E-state index contributed by atoms with van der Waals surface area (Å²) in [4.78, 5) is 22.7. The molecule has 2 rings (SSSR count). The third-order valence-electron chi connectivity index (χ3n) is 3.57. The Kier molecular flexibility index (Phi) is 3.36. The van der Waals surface area contributed by atoms with Gasteiger partial charge in [-0.15, -0.1) is 0 Å². The van der Waals surface area contributed by atoms with E-state index in [0.29, 0.717) is 5.92 Å². The van der Waals surface area contributed by atoms with Gasteiger partial charge in [0.05, 0.1) is 5.41 Å². The number of ether oxygens (including phenoxy) is 2. The lowest BCUT2D eigenvalue weighted by molar-refractivity contribution is -0.199. The van der Waals surface area contributed by atoms with Gasteiger partial charge in [-0.3, -0.25) is 0 Å². The number of fused-ring (bicyclic) bond motifs is 2. The summed E-state index contributed by atoms with van der Waals surface area (Å²) in [6, 6.07) is 0. The fourth-order valence-corrected chi connectivity index (χ4v) is 2.65. The maximum atomic E-state index is 11.3. The zero-order chi connectivity index (χ0) is 13.2. The van der Waals surface area contributed by atoms with Crippen LogP contribution in [0.4, 0.5) is 0 Å². The fraction of sp³-hybridized carbons (Fsp3) is 0.429. The van der Waals surface area contributed by atoms with Crippen molar-refractivity contribution in [3.05, 3.63) is 37.5 Å². The molecule has 2 aliphatic rings. The van der Waals surface area contributed by atoms with E-state index in [4.69, 9.17) is 9.47 Å². The first-order valence-corrected chi connectivity index (χ1v) is 5.95. The van der Waals surface area contributed by atoms with E-state index >= 15 is 0 Å². The van der Waals surface area contributed by atoms with Gasteiger partial charge in [-0.25, -0.2) is 9.59 Å². The molecule has 96 valence electrons. The van der Waals surface area contributed by atoms with Crippen molar-refractivity contribution in [3.8, 4) is 0 Å². The number of carbonyl (C=O) groups is 2. The summed E-state index contributed by atoms with van der Waals surface area (Å²) in [6.07, 6.45) is 8.08. The first-order valence-electron chi connectivity index (χ1n) is 5.95. The molecule has 0 aromatic carbocycles. The predicted octanol–water partition coefficient (Wildman–Crippen LogP) is 2.13. The van der Waals surface area contributed by atoms with Crippen LogP contribution in [0.5, 0.6) is 0 Å². The van der Waals surface area contributed by atoms with E-state index in [-0.39, 0.29) is 5.41 Å². The Hall–Kier alpha value is -1.84. The van der Waals surface area contributed by atoms with Crippen molar-refractivity contribution in [3.63, 3.8) is 0 Å². The van der Waals surface area contributed by atoms with Crippen molar-refractivity contribution < 1.29 is 19.1 Å². The van der Waals surface area contributed by atoms with Gasteiger partial charge in [-0.2, -0.15) is 0 Å². The molecule has 0 N–H and O–H groups in total. The summed E-state index contributed by atoms with van der Waals surface area (Å²) in [7, 11) is 0. The molecule has 4 nitrogen and oxygen atoms in total. The van der Waals surface area contributed by atoms with Crippen molar-refractivity contribution in [2.45, 2.75) is 25.6 Å². The number of esters is 2. The van der Waals surface area contributed by atoms with Crippen molar-refractivity contribution >= 4 is 11.9 Å². The Bertz CT molecular complexity index is 402. The highest BCUT2D eigenvalue weighted by atomic mass is 16.7. The minimum Gasteiger partial charge on any atom is -0.421 e. The van der Waals surface area contributed by atoms with Gasteiger partial charge in [-0.1, -0.05) is 25.3 Å². The number of rotatable bonds is 5. The number of carbonyl (C=O) groups excluding carboxylic acids is 2. The van der Waals surface area contributed by atoms with Crippen molar-refractivity contribution in [1.29, 1.82) is 0 Å². The summed E-state index contributed by atoms with van der Waals surface area (Å²) in [6.45, 7) is 6.69. The maximum absolute atomic E-state index is 11.3. The molecule has 2 atom stereocenters. The molecule has 0 amide bonds. The van der Waals surface area contributed by atoms with Gasteiger partial charge in [-0.05, 0) is 25.2 Å². The van der Waals surface area contributed by atoms with Crippen LogP contribution in [0.25, 0.3) is 0 Å². The first-order chi connectivity index (χ1) is 8.59. The summed E-state index contributed by atoms with van der Waals surface area (Å²) in [5.41, 5.74) is -0.373. The van der Waals surface area contributed by atoms with E-state index in [1.807, 2.05) is 6.08 Å². The lowest BCUT2D eigenvalue weighted by Crippen LogP contribution is -2.37. The van der Waals surface area contributed by atoms with Gasteiger partial charge >= 0.3 is 11.9 Å². The quantitative estimate of drug-likeness (QED) is 0.324. The van der Waals surface area contributed by atoms with Crippen LogP contribution in [-0.2, 0) is 19.1 Å². The minimum atomic E-state index is -0.891. The highest BCUT2D eigenvalue weighted by Crippen LogP contribution is 2.52. The molecule has 1 saturated carbocycles. The molecule has 0 radical (unpaired) electrons. The second kappa shape index (κ2) is 4.80. The van der Waals surface area contributed by atoms with Crippen molar-refractivity contribution in [2.24, 2.45) is 11.3 Å². The van der Waals surface area contributed by atoms with Gasteiger partial charge in [0.25, 0.3) is 6.29 Å². The number of allylic oxidation sites excluding steroid dienone is 1. The van der Waals surface area contributed by atoms with Gasteiger partial charge in [0, 0.05) is 12.2 Å². The molecular formula is C14H16O4. The Labute approximate surface area is 106 Å². The van der Waals surface area contributed by atoms with Crippen LogP contribution >= 0.6 is 0 Å². The average Bonchev–Trinajstić information content (AvgIpc) is 2.99. The van der Waals surface area contributed by atoms with Crippen LogP contribution in [0, 0.1) is 11.3 Å². The van der Waals surface area contributed by atoms with Crippen LogP contribution in [0.2, 0.25) is 0 Å². The Morgan fingerprint density at radius 3 is 2.22 bits per heavy atom. The predicted molar refractivity (Wildman–Crippen MR) is 65.3 cm³/mol. The van der Waals surface area contributed by atoms with E-state index in [2.05, 4.69) is 19.2 Å². The van der Waals surface area contributed by atoms with E-state index < -0.39 is 18.2 Å². The Morgan fingerprint density at radius 1 is 1.28 bits per heavy atom. The van der Waals surface area contributed by atoms with Crippen LogP contribution in [0.1, 0.15) is 19.3 Å². The largest absolute Gasteiger partial charge is 0.421 e. The lowest BCUT2D eigenvalue weighted by Gasteiger charge is -2.31. The zero-order valence-corrected chi connectivity index (χ0v) is 10.1. The second-order valence-electron chi connectivity index (χ2n) is 4.71. The van der Waals surface area contributed by atoms with Gasteiger partial charge in [0.15, 0.2) is 0 Å². The van der Waals surface area contributed by atoms with Gasteiger partial charge in [0.1, 0.15) is 0 Å². The minimum absolute atomic E-state index is 0.373. The number of hydrogen-bond acceptors (Lipinski definition) is 4.